The Morgan fingerprint density at radius 3 is 2.35 bits per heavy atom. The molecule has 1 N–H and O–H groups in total. The van der Waals surface area contributed by atoms with Crippen LogP contribution < -0.4 is 19.9 Å². The van der Waals surface area contributed by atoms with Gasteiger partial charge in [-0.3, -0.25) is 0 Å². The van der Waals surface area contributed by atoms with Gasteiger partial charge in [-0.25, -0.2) is 32.7 Å². The number of allylic oxidation sites excluding steroid dienone is 4. The topological polar surface area (TPSA) is 145 Å². The number of anilines is 2. The van der Waals surface area contributed by atoms with E-state index in [9.17, 15) is 22.8 Å². The summed E-state index contributed by atoms with van der Waals surface area (Å²) in [6.45, 7) is 9.00. The molecule has 2 atom stereocenters. The highest BCUT2D eigenvalue weighted by atomic mass is 19.2. The van der Waals surface area contributed by atoms with E-state index in [0.717, 1.165) is 57.5 Å². The van der Waals surface area contributed by atoms with Crippen molar-refractivity contribution in [3.8, 4) is 5.75 Å². The molecule has 54 heavy (non-hydrogen) atoms. The van der Waals surface area contributed by atoms with Crippen LogP contribution in [0.4, 0.5) is 29.9 Å². The molecule has 1 saturated carbocycles. The van der Waals surface area contributed by atoms with Crippen LogP contribution in [0.3, 0.4) is 0 Å². The largest absolute Gasteiger partial charge is 0.490 e. The van der Waals surface area contributed by atoms with Gasteiger partial charge in [-0.15, -0.1) is 0 Å². The maximum absolute atomic E-state index is 12.7. The lowest BCUT2D eigenvalue weighted by Gasteiger charge is -2.38. The van der Waals surface area contributed by atoms with E-state index in [0.29, 0.717) is 61.0 Å². The number of esters is 1. The first kappa shape index (κ1) is 38.6. The first-order valence-corrected chi connectivity index (χ1v) is 18.3. The normalized spacial score (nSPS) is 21.1. The first-order chi connectivity index (χ1) is 25.9. The molecule has 2 aliphatic carbocycles. The maximum atomic E-state index is 12.7. The van der Waals surface area contributed by atoms with Crippen LogP contribution in [0.25, 0.3) is 0 Å². The summed E-state index contributed by atoms with van der Waals surface area (Å²) >= 11 is 0. The lowest BCUT2D eigenvalue weighted by Crippen LogP contribution is -2.40. The monoisotopic (exact) mass is 753 g/mol. The second kappa shape index (κ2) is 16.9. The third kappa shape index (κ3) is 10.1. The molecule has 2 aliphatic heterocycles. The number of hydrogen-bond acceptors (Lipinski definition) is 12. The van der Waals surface area contributed by atoms with Crippen molar-refractivity contribution in [1.82, 2.24) is 25.4 Å². The van der Waals surface area contributed by atoms with Crippen molar-refractivity contribution < 1.29 is 41.5 Å². The molecule has 4 heterocycles. The number of carbonyl (C=O) groups is 2. The molecule has 0 radical (unpaired) electrons. The highest BCUT2D eigenvalue weighted by Crippen LogP contribution is 2.44. The number of nitrogens with one attached hydrogen (secondary N) is 1. The van der Waals surface area contributed by atoms with E-state index in [1.807, 2.05) is 43.9 Å². The minimum Gasteiger partial charge on any atom is -0.490 e. The zero-order valence-electron chi connectivity index (χ0n) is 30.7. The summed E-state index contributed by atoms with van der Waals surface area (Å²) in [4.78, 5) is 42.6. The van der Waals surface area contributed by atoms with Gasteiger partial charge in [0.25, 0.3) is 0 Å². The predicted octanol–water partition coefficient (Wildman–Crippen LogP) is 6.93. The predicted molar refractivity (Wildman–Crippen MR) is 192 cm³/mol. The Balaban J connectivity index is 0.000000485. The molecule has 4 aliphatic rings. The molecule has 2 unspecified atom stereocenters. The van der Waals surface area contributed by atoms with Gasteiger partial charge in [0.05, 0.1) is 30.6 Å². The molecule has 290 valence electrons. The Kier molecular flexibility index (Phi) is 12.1. The molecule has 3 aromatic rings. The Morgan fingerprint density at radius 2 is 1.72 bits per heavy atom. The number of carbonyl (C=O) groups excluding carboxylic acids is 2. The standard InChI is InChI=1S/C32H41N7O6.C6H5F3/c1-31(2,3)44-30(41)35-24-12-17-39(20-24)28-33-18-25(19-34-28)42-21-22-10-15-38(16-11-22)29-36-27(37-45-29)32(13-7-14-32)43-26(40)23-8-5-4-6-9-23;7-4-1-2-5(8)6(9)3-4/h4-6,8-9,18-19,22,24H,7,10-17,20-21H2,1-3H3,(H,35,41);1-2,4H,3H2. The highest BCUT2D eigenvalue weighted by molar-refractivity contribution is 5.89. The molecule has 7 rings (SSSR count). The van der Waals surface area contributed by atoms with Crippen molar-refractivity contribution in [2.24, 2.45) is 5.92 Å². The fourth-order valence-corrected chi connectivity index (χ4v) is 6.41. The van der Waals surface area contributed by atoms with Crippen LogP contribution in [0.1, 0.15) is 81.9 Å². The van der Waals surface area contributed by atoms with Crippen molar-refractivity contribution >= 4 is 24.0 Å². The van der Waals surface area contributed by atoms with Crippen LogP contribution in [-0.4, -0.2) is 82.8 Å². The van der Waals surface area contributed by atoms with Crippen molar-refractivity contribution in [2.45, 2.75) is 89.1 Å². The number of rotatable bonds is 9. The Bertz CT molecular complexity index is 1790. The van der Waals surface area contributed by atoms with Gasteiger partial charge in [0.1, 0.15) is 17.6 Å². The van der Waals surface area contributed by atoms with Gasteiger partial charge in [0.15, 0.2) is 17.2 Å². The number of nitrogens with zero attached hydrogens (tertiary/aromatic N) is 6. The molecule has 13 nitrogen and oxygen atoms in total. The summed E-state index contributed by atoms with van der Waals surface area (Å²) < 4.78 is 59.1. The van der Waals surface area contributed by atoms with Gasteiger partial charge in [-0.05, 0) is 89.5 Å². The fourth-order valence-electron chi connectivity index (χ4n) is 6.41. The SMILES string of the molecule is CC(C)(C)OC(=O)NC1CCN(c2ncc(OCC3CCN(c4nc(C5(OC(=O)c6ccccc6)CCC5)no4)CC3)cn2)C1.FC1=C(F)CC(F)C=C1. The van der Waals surface area contributed by atoms with Crippen LogP contribution in [0.2, 0.25) is 0 Å². The first-order valence-electron chi connectivity index (χ1n) is 18.3. The van der Waals surface area contributed by atoms with E-state index in [1.165, 1.54) is 0 Å². The van der Waals surface area contributed by atoms with E-state index in [-0.39, 0.29) is 12.0 Å². The molecule has 0 bridgehead atoms. The quantitative estimate of drug-likeness (QED) is 0.226. The van der Waals surface area contributed by atoms with E-state index in [1.54, 1.807) is 24.5 Å². The average Bonchev–Trinajstić information content (AvgIpc) is 3.82. The van der Waals surface area contributed by atoms with Crippen LogP contribution in [0.15, 0.2) is 71.1 Å². The van der Waals surface area contributed by atoms with Crippen molar-refractivity contribution in [2.75, 3.05) is 42.6 Å². The smallest absolute Gasteiger partial charge is 0.407 e. The van der Waals surface area contributed by atoms with Crippen LogP contribution >= 0.6 is 0 Å². The summed E-state index contributed by atoms with van der Waals surface area (Å²) in [5.41, 5.74) is -0.849. The van der Waals surface area contributed by atoms with Crippen molar-refractivity contribution in [3.05, 3.63) is 77.9 Å². The highest BCUT2D eigenvalue weighted by Gasteiger charge is 2.47. The fraction of sp³-hybridized carbons (Fsp3) is 0.526. The number of alkyl halides is 1. The van der Waals surface area contributed by atoms with Gasteiger partial charge in [0, 0.05) is 32.6 Å². The number of aromatic nitrogens is 4. The zero-order chi connectivity index (χ0) is 38.3. The number of piperidine rings is 1. The Labute approximate surface area is 311 Å². The number of benzene rings is 1. The maximum Gasteiger partial charge on any atom is 0.407 e. The van der Waals surface area contributed by atoms with Crippen LogP contribution in [0.5, 0.6) is 5.75 Å². The van der Waals surface area contributed by atoms with E-state index in [4.69, 9.17) is 18.7 Å². The molecule has 2 saturated heterocycles. The second-order valence-corrected chi connectivity index (χ2v) is 14.9. The summed E-state index contributed by atoms with van der Waals surface area (Å²) in [6.07, 6.45) is 7.90. The number of alkyl carbamates (subject to hydrolysis) is 1. The number of amides is 1. The third-order valence-corrected chi connectivity index (χ3v) is 9.54. The minimum absolute atomic E-state index is 0.0134. The summed E-state index contributed by atoms with van der Waals surface area (Å²) in [5.74, 6) is -0.284. The summed E-state index contributed by atoms with van der Waals surface area (Å²) in [7, 11) is 0. The lowest BCUT2D eigenvalue weighted by atomic mass is 9.79. The molecule has 1 amide bonds. The van der Waals surface area contributed by atoms with E-state index in [2.05, 4.69) is 30.3 Å². The van der Waals surface area contributed by atoms with Gasteiger partial charge in [0.2, 0.25) is 11.8 Å². The summed E-state index contributed by atoms with van der Waals surface area (Å²) in [5, 5.41) is 7.15. The van der Waals surface area contributed by atoms with E-state index >= 15 is 0 Å². The number of halogens is 3. The lowest BCUT2D eigenvalue weighted by molar-refractivity contribution is -0.0737. The third-order valence-electron chi connectivity index (χ3n) is 9.54. The van der Waals surface area contributed by atoms with Gasteiger partial charge >= 0.3 is 18.1 Å². The molecule has 0 spiro atoms. The van der Waals surface area contributed by atoms with Gasteiger partial charge in [-0.1, -0.05) is 23.4 Å². The summed E-state index contributed by atoms with van der Waals surface area (Å²) in [6, 6.07) is 9.42. The second-order valence-electron chi connectivity index (χ2n) is 14.9. The number of hydrogen-bond donors (Lipinski definition) is 1. The molecule has 3 fully saturated rings. The zero-order valence-corrected chi connectivity index (χ0v) is 30.7. The number of ether oxygens (including phenoxy) is 3. The molecular weight excluding hydrogens is 707 g/mol. The van der Waals surface area contributed by atoms with Gasteiger partial charge < -0.3 is 33.9 Å². The minimum atomic E-state index is -1.36. The Morgan fingerprint density at radius 1 is 1.02 bits per heavy atom. The molecule has 1 aromatic carbocycles. The Hall–Kier alpha value is -5.15. The van der Waals surface area contributed by atoms with E-state index < -0.39 is 41.5 Å². The average molecular weight is 754 g/mol. The van der Waals surface area contributed by atoms with Crippen molar-refractivity contribution in [1.29, 1.82) is 0 Å². The molecule has 2 aromatic heterocycles. The van der Waals surface area contributed by atoms with Crippen LogP contribution in [0, 0.1) is 5.92 Å². The van der Waals surface area contributed by atoms with Gasteiger partial charge in [-0.2, -0.15) is 4.98 Å². The molecule has 16 heteroatoms. The van der Waals surface area contributed by atoms with Crippen molar-refractivity contribution in [3.63, 3.8) is 0 Å². The van der Waals surface area contributed by atoms with Crippen LogP contribution in [-0.2, 0) is 15.1 Å². The molecular formula is C38H46F3N7O6.